The molecule has 2 N–H and O–H groups in total. The Kier molecular flexibility index (Phi) is 2.91. The molecule has 0 fully saturated rings. The molecule has 0 unspecified atom stereocenters. The van der Waals surface area contributed by atoms with Crippen LogP contribution >= 0.6 is 0 Å². The van der Waals surface area contributed by atoms with E-state index in [0.717, 1.165) is 5.56 Å². The van der Waals surface area contributed by atoms with E-state index in [-0.39, 0.29) is 22.3 Å². The zero-order valence-corrected chi connectivity index (χ0v) is 9.60. The van der Waals surface area contributed by atoms with Crippen molar-refractivity contribution in [1.29, 1.82) is 0 Å². The molecule has 0 bridgehead atoms. The van der Waals surface area contributed by atoms with Crippen molar-refractivity contribution in [2.24, 2.45) is 0 Å². The van der Waals surface area contributed by atoms with E-state index < -0.39 is 0 Å². The quantitative estimate of drug-likeness (QED) is 0.820. The molecular formula is C14H14O3. The Morgan fingerprint density at radius 1 is 1.18 bits per heavy atom. The van der Waals surface area contributed by atoms with E-state index in [1.807, 2.05) is 31.2 Å². The average Bonchev–Trinajstić information content (AvgIpc) is 2.56. The molecule has 17 heavy (non-hydrogen) atoms. The van der Waals surface area contributed by atoms with E-state index in [0.29, 0.717) is 6.42 Å². The molecule has 0 amide bonds. The smallest absolute Gasteiger partial charge is 0.204 e. The van der Waals surface area contributed by atoms with Crippen LogP contribution in [0.3, 0.4) is 0 Å². The Labute approximate surface area is 99.0 Å². The van der Waals surface area contributed by atoms with E-state index in [1.165, 1.54) is 5.56 Å². The summed E-state index contributed by atoms with van der Waals surface area (Å²) in [6.07, 6.45) is 2.34. The first-order chi connectivity index (χ1) is 8.08. The molecule has 88 valence electrons. The van der Waals surface area contributed by atoms with Gasteiger partial charge in [-0.3, -0.25) is 0 Å². The molecule has 0 saturated heterocycles. The molecule has 0 spiro atoms. The van der Waals surface area contributed by atoms with Crippen molar-refractivity contribution in [2.45, 2.75) is 13.3 Å². The van der Waals surface area contributed by atoms with Crippen molar-refractivity contribution in [1.82, 2.24) is 0 Å². The molecule has 0 saturated carbocycles. The number of rotatable bonds is 2. The van der Waals surface area contributed by atoms with E-state index in [4.69, 9.17) is 4.42 Å². The predicted molar refractivity (Wildman–Crippen MR) is 66.2 cm³/mol. The first-order valence-corrected chi connectivity index (χ1v) is 5.33. The van der Waals surface area contributed by atoms with Crippen molar-refractivity contribution < 1.29 is 14.6 Å². The van der Waals surface area contributed by atoms with Gasteiger partial charge in [0, 0.05) is 0 Å². The first-order valence-electron chi connectivity index (χ1n) is 5.33. The molecule has 2 rings (SSSR count). The number of aryl methyl sites for hydroxylation is 1. The molecular weight excluding hydrogens is 216 g/mol. The normalized spacial score (nSPS) is 11.9. The van der Waals surface area contributed by atoms with Gasteiger partial charge >= 0.3 is 0 Å². The van der Waals surface area contributed by atoms with Crippen molar-refractivity contribution in [2.75, 3.05) is 0 Å². The third kappa shape index (κ3) is 2.33. The van der Waals surface area contributed by atoms with E-state index in [9.17, 15) is 10.2 Å². The Bertz CT molecular complexity index is 621. The van der Waals surface area contributed by atoms with E-state index >= 15 is 0 Å². The minimum absolute atomic E-state index is 0.0812. The second kappa shape index (κ2) is 4.37. The molecule has 0 atom stereocenters. The van der Waals surface area contributed by atoms with Gasteiger partial charge in [-0.2, -0.15) is 0 Å². The maximum Gasteiger partial charge on any atom is 0.204 e. The standard InChI is InChI=1S/C14H14O3/c1-9-3-5-11(6-4-9)7-8-12-14(16)13(15)10(2)17-12/h3-6,8,15-16H,2,7H2,1H3/b12-8+. The van der Waals surface area contributed by atoms with Gasteiger partial charge in [0.2, 0.25) is 11.5 Å². The van der Waals surface area contributed by atoms with Gasteiger partial charge in [0.15, 0.2) is 10.8 Å². The van der Waals surface area contributed by atoms with Crippen LogP contribution in [-0.4, -0.2) is 10.2 Å². The molecule has 0 radical (unpaired) electrons. The van der Waals surface area contributed by atoms with Gasteiger partial charge in [-0.05, 0) is 25.0 Å². The summed E-state index contributed by atoms with van der Waals surface area (Å²) in [5.74, 6) is -0.540. The van der Waals surface area contributed by atoms with Crippen LogP contribution in [0.25, 0.3) is 12.7 Å². The average molecular weight is 230 g/mol. The second-order valence-electron chi connectivity index (χ2n) is 3.98. The fourth-order valence-corrected chi connectivity index (χ4v) is 1.55. The fraction of sp³-hybridized carbons (Fsp3) is 0.143. The molecule has 0 aliphatic carbocycles. The largest absolute Gasteiger partial charge is 0.502 e. The second-order valence-corrected chi connectivity index (χ2v) is 3.98. The molecule has 0 aliphatic rings. The molecule has 3 nitrogen and oxygen atoms in total. The maximum atomic E-state index is 9.53. The van der Waals surface area contributed by atoms with Crippen molar-refractivity contribution in [3.8, 4) is 11.5 Å². The Morgan fingerprint density at radius 2 is 1.82 bits per heavy atom. The lowest BCUT2D eigenvalue weighted by atomic mass is 10.1. The van der Waals surface area contributed by atoms with Crippen LogP contribution in [-0.2, 0) is 6.42 Å². The summed E-state index contributed by atoms with van der Waals surface area (Å²) >= 11 is 0. The lowest BCUT2D eigenvalue weighted by Crippen LogP contribution is -1.99. The summed E-state index contributed by atoms with van der Waals surface area (Å²) in [7, 11) is 0. The Hall–Kier alpha value is -2.16. The highest BCUT2D eigenvalue weighted by molar-refractivity contribution is 5.42. The van der Waals surface area contributed by atoms with Gasteiger partial charge < -0.3 is 14.6 Å². The van der Waals surface area contributed by atoms with Crippen LogP contribution in [0.15, 0.2) is 28.7 Å². The summed E-state index contributed by atoms with van der Waals surface area (Å²) in [5, 5.41) is 18.9. The first kappa shape index (κ1) is 11.3. The van der Waals surface area contributed by atoms with Crippen LogP contribution in [0.2, 0.25) is 0 Å². The van der Waals surface area contributed by atoms with Crippen molar-refractivity contribution in [3.05, 3.63) is 46.2 Å². The number of benzene rings is 1. The maximum absolute atomic E-state index is 9.53. The zero-order chi connectivity index (χ0) is 12.4. The summed E-state index contributed by atoms with van der Waals surface area (Å²) < 4.78 is 5.12. The SMILES string of the molecule is C=c1o/c(=C/Cc2ccc(C)cc2)c(O)c1O. The minimum atomic E-state index is -0.292. The van der Waals surface area contributed by atoms with Gasteiger partial charge in [0.25, 0.3) is 0 Å². The number of hydrogen-bond donors (Lipinski definition) is 2. The van der Waals surface area contributed by atoms with Crippen LogP contribution in [0, 0.1) is 6.92 Å². The van der Waals surface area contributed by atoms with Crippen molar-refractivity contribution >= 4 is 12.7 Å². The van der Waals surface area contributed by atoms with Gasteiger partial charge in [-0.15, -0.1) is 0 Å². The topological polar surface area (TPSA) is 53.6 Å². The molecule has 2 aromatic rings. The fourth-order valence-electron chi connectivity index (χ4n) is 1.55. The third-order valence-electron chi connectivity index (χ3n) is 2.60. The highest BCUT2D eigenvalue weighted by Gasteiger charge is 2.06. The number of furan rings is 1. The highest BCUT2D eigenvalue weighted by atomic mass is 16.4. The monoisotopic (exact) mass is 230 g/mol. The van der Waals surface area contributed by atoms with Crippen LogP contribution < -0.4 is 10.8 Å². The zero-order valence-electron chi connectivity index (χ0n) is 9.60. The van der Waals surface area contributed by atoms with Crippen molar-refractivity contribution in [3.63, 3.8) is 0 Å². The lowest BCUT2D eigenvalue weighted by Gasteiger charge is -1.96. The summed E-state index contributed by atoms with van der Waals surface area (Å²) in [4.78, 5) is 0. The molecule has 1 aromatic carbocycles. The molecule has 3 heteroatoms. The van der Waals surface area contributed by atoms with Crippen LogP contribution in [0.1, 0.15) is 11.1 Å². The number of hydrogen-bond acceptors (Lipinski definition) is 3. The van der Waals surface area contributed by atoms with E-state index in [1.54, 1.807) is 6.08 Å². The summed E-state index contributed by atoms with van der Waals surface area (Å²) in [6, 6.07) is 8.07. The summed E-state index contributed by atoms with van der Waals surface area (Å²) in [5.41, 5.74) is 2.65. The lowest BCUT2D eigenvalue weighted by molar-refractivity contribution is 0.403. The van der Waals surface area contributed by atoms with Crippen LogP contribution in [0.5, 0.6) is 11.5 Å². The van der Waals surface area contributed by atoms with Gasteiger partial charge in [0.05, 0.1) is 0 Å². The third-order valence-corrected chi connectivity index (χ3v) is 2.60. The van der Waals surface area contributed by atoms with Gasteiger partial charge in [0.1, 0.15) is 0 Å². The van der Waals surface area contributed by atoms with E-state index in [2.05, 4.69) is 6.58 Å². The Morgan fingerprint density at radius 3 is 2.35 bits per heavy atom. The van der Waals surface area contributed by atoms with Crippen LogP contribution in [0.4, 0.5) is 0 Å². The Balaban J connectivity index is 2.29. The summed E-state index contributed by atoms with van der Waals surface area (Å²) in [6.45, 7) is 5.50. The molecule has 1 aromatic heterocycles. The molecule has 1 heterocycles. The highest BCUT2D eigenvalue weighted by Crippen LogP contribution is 2.14. The minimum Gasteiger partial charge on any atom is -0.502 e. The number of aromatic hydroxyl groups is 2. The van der Waals surface area contributed by atoms with Gasteiger partial charge in [-0.1, -0.05) is 36.4 Å². The molecule has 0 aliphatic heterocycles. The predicted octanol–water partition coefficient (Wildman–Crippen LogP) is 1.43. The van der Waals surface area contributed by atoms with Gasteiger partial charge in [-0.25, -0.2) is 0 Å².